The van der Waals surface area contributed by atoms with Crippen LogP contribution >= 0.6 is 0 Å². The first-order valence-corrected chi connectivity index (χ1v) is 6.42. The van der Waals surface area contributed by atoms with E-state index in [1.807, 2.05) is 18.2 Å². The molecular formula is C16H22N2O. The Kier molecular flexibility index (Phi) is 4.74. The average molecular weight is 258 g/mol. The van der Waals surface area contributed by atoms with Gasteiger partial charge in [-0.2, -0.15) is 5.26 Å². The van der Waals surface area contributed by atoms with Gasteiger partial charge in [0.05, 0.1) is 17.7 Å². The highest BCUT2D eigenvalue weighted by molar-refractivity contribution is 5.60. The van der Waals surface area contributed by atoms with Crippen molar-refractivity contribution in [1.82, 2.24) is 0 Å². The van der Waals surface area contributed by atoms with E-state index in [2.05, 4.69) is 38.3 Å². The predicted molar refractivity (Wildman–Crippen MR) is 79.1 cm³/mol. The highest BCUT2D eigenvalue weighted by Crippen LogP contribution is 2.32. The summed E-state index contributed by atoms with van der Waals surface area (Å²) < 4.78 is 0. The summed E-state index contributed by atoms with van der Waals surface area (Å²) in [4.78, 5) is 2.14. The maximum absolute atomic E-state index is 9.92. The number of benzene rings is 1. The number of nitrogens with zero attached hydrogens (tertiary/aromatic N) is 2. The highest BCUT2D eigenvalue weighted by Gasteiger charge is 2.24. The molecule has 0 bridgehead atoms. The molecule has 0 saturated carbocycles. The van der Waals surface area contributed by atoms with Crippen LogP contribution in [-0.4, -0.2) is 17.2 Å². The Hall–Kier alpha value is -1.79. The highest BCUT2D eigenvalue weighted by atomic mass is 16.3. The maximum atomic E-state index is 9.92. The molecule has 102 valence electrons. The van der Waals surface area contributed by atoms with Crippen LogP contribution in [0.5, 0.6) is 0 Å². The fourth-order valence-corrected chi connectivity index (χ4v) is 2.06. The molecule has 3 nitrogen and oxygen atoms in total. The third-order valence-electron chi connectivity index (χ3n) is 3.02. The van der Waals surface area contributed by atoms with Crippen LogP contribution in [0.15, 0.2) is 30.9 Å². The molecule has 0 aliphatic carbocycles. The van der Waals surface area contributed by atoms with Crippen molar-refractivity contribution in [2.45, 2.75) is 39.3 Å². The van der Waals surface area contributed by atoms with E-state index >= 15 is 0 Å². The summed E-state index contributed by atoms with van der Waals surface area (Å²) in [6, 6.07) is 7.53. The van der Waals surface area contributed by atoms with Gasteiger partial charge in [-0.1, -0.05) is 12.1 Å². The lowest BCUT2D eigenvalue weighted by atomic mass is 9.99. The first kappa shape index (κ1) is 15.3. The van der Waals surface area contributed by atoms with Gasteiger partial charge in [-0.25, -0.2) is 0 Å². The third kappa shape index (κ3) is 3.59. The molecule has 0 radical (unpaired) electrons. The molecule has 0 amide bonds. The van der Waals surface area contributed by atoms with E-state index in [0.717, 1.165) is 11.3 Å². The first-order chi connectivity index (χ1) is 8.81. The van der Waals surface area contributed by atoms with Crippen LogP contribution in [0.4, 0.5) is 5.69 Å². The SMILES string of the molecule is C=CCN(c1cc(C#N)ccc1C(C)O)C(C)(C)C. The number of rotatable bonds is 4. The fraction of sp³-hybridized carbons (Fsp3) is 0.438. The van der Waals surface area contributed by atoms with Crippen LogP contribution in [0.25, 0.3) is 0 Å². The van der Waals surface area contributed by atoms with Crippen LogP contribution in [0.2, 0.25) is 0 Å². The van der Waals surface area contributed by atoms with Gasteiger partial charge in [-0.3, -0.25) is 0 Å². The minimum absolute atomic E-state index is 0.119. The second-order valence-electron chi connectivity index (χ2n) is 5.63. The Bertz CT molecular complexity index is 492. The lowest BCUT2D eigenvalue weighted by Gasteiger charge is -2.38. The summed E-state index contributed by atoms with van der Waals surface area (Å²) in [5.41, 5.74) is 2.20. The molecule has 1 N–H and O–H groups in total. The second-order valence-corrected chi connectivity index (χ2v) is 5.63. The van der Waals surface area contributed by atoms with Crippen molar-refractivity contribution in [3.8, 4) is 6.07 Å². The molecule has 1 unspecified atom stereocenters. The van der Waals surface area contributed by atoms with Gasteiger partial charge in [0, 0.05) is 23.3 Å². The molecule has 1 aromatic rings. The lowest BCUT2D eigenvalue weighted by Crippen LogP contribution is -2.42. The largest absolute Gasteiger partial charge is 0.389 e. The molecule has 19 heavy (non-hydrogen) atoms. The van der Waals surface area contributed by atoms with E-state index in [4.69, 9.17) is 5.26 Å². The molecule has 0 saturated heterocycles. The number of aliphatic hydroxyl groups is 1. The summed E-state index contributed by atoms with van der Waals surface area (Å²) in [6.45, 7) is 12.5. The van der Waals surface area contributed by atoms with Crippen molar-refractivity contribution in [2.24, 2.45) is 0 Å². The molecule has 0 spiro atoms. The topological polar surface area (TPSA) is 47.3 Å². The van der Waals surface area contributed by atoms with Crippen molar-refractivity contribution < 1.29 is 5.11 Å². The molecule has 0 aromatic heterocycles. The molecule has 1 aromatic carbocycles. The van der Waals surface area contributed by atoms with Crippen LogP contribution < -0.4 is 4.90 Å². The Morgan fingerprint density at radius 2 is 2.11 bits per heavy atom. The molecule has 0 aliphatic rings. The van der Waals surface area contributed by atoms with Crippen LogP contribution in [0.3, 0.4) is 0 Å². The van der Waals surface area contributed by atoms with Gasteiger partial charge < -0.3 is 10.0 Å². The molecule has 0 fully saturated rings. The van der Waals surface area contributed by atoms with E-state index in [1.165, 1.54) is 0 Å². The minimum Gasteiger partial charge on any atom is -0.389 e. The van der Waals surface area contributed by atoms with Crippen molar-refractivity contribution in [1.29, 1.82) is 5.26 Å². The van der Waals surface area contributed by atoms with Crippen molar-refractivity contribution in [2.75, 3.05) is 11.4 Å². The summed E-state index contributed by atoms with van der Waals surface area (Å²) in [6.07, 6.45) is 1.26. The number of aliphatic hydroxyl groups excluding tert-OH is 1. The normalized spacial score (nSPS) is 12.6. The van der Waals surface area contributed by atoms with Gasteiger partial charge in [0.1, 0.15) is 0 Å². The predicted octanol–water partition coefficient (Wildman–Crippen LogP) is 3.40. The summed E-state index contributed by atoms with van der Waals surface area (Å²) in [5, 5.41) is 19.0. The second kappa shape index (κ2) is 5.90. The number of anilines is 1. The van der Waals surface area contributed by atoms with E-state index in [9.17, 15) is 5.11 Å². The zero-order valence-corrected chi connectivity index (χ0v) is 12.1. The van der Waals surface area contributed by atoms with Crippen molar-refractivity contribution in [3.05, 3.63) is 42.0 Å². The monoisotopic (exact) mass is 258 g/mol. The van der Waals surface area contributed by atoms with Crippen molar-refractivity contribution in [3.63, 3.8) is 0 Å². The first-order valence-electron chi connectivity index (χ1n) is 6.42. The van der Waals surface area contributed by atoms with Gasteiger partial charge in [0.25, 0.3) is 0 Å². The Morgan fingerprint density at radius 3 is 2.53 bits per heavy atom. The van der Waals surface area contributed by atoms with Gasteiger partial charge in [-0.05, 0) is 39.8 Å². The molecule has 3 heteroatoms. The van der Waals surface area contributed by atoms with E-state index < -0.39 is 6.10 Å². The average Bonchev–Trinajstić information content (AvgIpc) is 2.33. The van der Waals surface area contributed by atoms with Crippen LogP contribution in [-0.2, 0) is 0 Å². The Balaban J connectivity index is 3.42. The van der Waals surface area contributed by atoms with E-state index in [0.29, 0.717) is 12.1 Å². The van der Waals surface area contributed by atoms with Gasteiger partial charge in [0.15, 0.2) is 0 Å². The maximum Gasteiger partial charge on any atom is 0.0992 e. The zero-order chi connectivity index (χ0) is 14.6. The van der Waals surface area contributed by atoms with Crippen LogP contribution in [0, 0.1) is 11.3 Å². The quantitative estimate of drug-likeness (QED) is 0.842. The molecule has 0 aliphatic heterocycles. The van der Waals surface area contributed by atoms with E-state index in [-0.39, 0.29) is 5.54 Å². The van der Waals surface area contributed by atoms with E-state index in [1.54, 1.807) is 13.0 Å². The molecule has 1 atom stereocenters. The fourth-order valence-electron chi connectivity index (χ4n) is 2.06. The molecular weight excluding hydrogens is 236 g/mol. The number of hydrogen-bond acceptors (Lipinski definition) is 3. The summed E-state index contributed by atoms with van der Waals surface area (Å²) in [7, 11) is 0. The van der Waals surface area contributed by atoms with Crippen molar-refractivity contribution >= 4 is 5.69 Å². The summed E-state index contributed by atoms with van der Waals surface area (Å²) >= 11 is 0. The molecule has 1 rings (SSSR count). The number of nitriles is 1. The van der Waals surface area contributed by atoms with Gasteiger partial charge in [0.2, 0.25) is 0 Å². The van der Waals surface area contributed by atoms with Gasteiger partial charge in [-0.15, -0.1) is 6.58 Å². The smallest absolute Gasteiger partial charge is 0.0992 e. The summed E-state index contributed by atoms with van der Waals surface area (Å²) in [5.74, 6) is 0. The third-order valence-corrected chi connectivity index (χ3v) is 3.02. The van der Waals surface area contributed by atoms with Gasteiger partial charge >= 0.3 is 0 Å². The van der Waals surface area contributed by atoms with Crippen LogP contribution in [0.1, 0.15) is 44.9 Å². The lowest BCUT2D eigenvalue weighted by molar-refractivity contribution is 0.199. The number of hydrogen-bond donors (Lipinski definition) is 1. The standard InChI is InChI=1S/C16H22N2O/c1-6-9-18(16(3,4)5)15-10-13(11-17)7-8-14(15)12(2)19/h6-8,10,12,19H,1,9H2,2-5H3. The zero-order valence-electron chi connectivity index (χ0n) is 12.1. The Labute approximate surface area is 115 Å². The minimum atomic E-state index is -0.572. The Morgan fingerprint density at radius 1 is 1.47 bits per heavy atom. The molecule has 0 heterocycles.